The van der Waals surface area contributed by atoms with Crippen LogP contribution in [-0.4, -0.2) is 14.5 Å². The molecular weight excluding hydrogens is 327 g/mol. The van der Waals surface area contributed by atoms with E-state index in [9.17, 15) is 9.65 Å². The highest BCUT2D eigenvalue weighted by atomic mass is 19.1. The van der Waals surface area contributed by atoms with Crippen molar-refractivity contribution in [3.63, 3.8) is 0 Å². The largest absolute Gasteiger partial charge is 0.337 e. The fraction of sp³-hybridized carbons (Fsp3) is 0.0476. The van der Waals surface area contributed by atoms with Gasteiger partial charge in [0, 0.05) is 11.9 Å². The number of fused-ring (bicyclic) bond motifs is 1. The number of nitrogens with zero attached hydrogens (tertiary/aromatic N) is 3. The summed E-state index contributed by atoms with van der Waals surface area (Å²) in [7, 11) is 0. The van der Waals surface area contributed by atoms with Gasteiger partial charge in [0.25, 0.3) is 0 Å². The monoisotopic (exact) mass is 342 g/mol. The lowest BCUT2D eigenvalue weighted by atomic mass is 10.2. The topological polar surface area (TPSA) is 57.4 Å². The third kappa shape index (κ3) is 2.78. The van der Waals surface area contributed by atoms with Gasteiger partial charge in [0.2, 0.25) is 0 Å². The highest BCUT2D eigenvalue weighted by Gasteiger charge is 2.11. The van der Waals surface area contributed by atoms with Crippen molar-refractivity contribution in [2.24, 2.45) is 0 Å². The van der Waals surface area contributed by atoms with Crippen molar-refractivity contribution >= 4 is 22.7 Å². The summed E-state index contributed by atoms with van der Waals surface area (Å²) in [6.07, 6.45) is 3.47. The van der Waals surface area contributed by atoms with E-state index < -0.39 is 0 Å². The van der Waals surface area contributed by atoms with Crippen LogP contribution in [-0.2, 0) is 0 Å². The average Bonchev–Trinajstić information content (AvgIpc) is 3.26. The first-order chi connectivity index (χ1) is 12.7. The molecule has 4 aromatic rings. The van der Waals surface area contributed by atoms with E-state index >= 15 is 0 Å². The van der Waals surface area contributed by atoms with Gasteiger partial charge in [-0.25, -0.2) is 9.37 Å². The summed E-state index contributed by atoms with van der Waals surface area (Å²) in [5.74, 6) is 0.172. The zero-order chi connectivity index (χ0) is 18.1. The second-order valence-corrected chi connectivity index (χ2v) is 6.03. The molecule has 0 bridgehead atoms. The number of benzene rings is 2. The molecule has 2 aromatic carbocycles. The quantitative estimate of drug-likeness (QED) is 0.540. The first-order valence-electron chi connectivity index (χ1n) is 8.16. The van der Waals surface area contributed by atoms with Crippen LogP contribution in [0.4, 0.5) is 4.39 Å². The van der Waals surface area contributed by atoms with Gasteiger partial charge in [0.05, 0.1) is 22.3 Å². The fourth-order valence-electron chi connectivity index (χ4n) is 2.93. The zero-order valence-corrected chi connectivity index (χ0v) is 14.1. The molecule has 0 aliphatic heterocycles. The maximum Gasteiger partial charge on any atom is 0.149 e. The molecule has 126 valence electrons. The smallest absolute Gasteiger partial charge is 0.149 e. The van der Waals surface area contributed by atoms with E-state index in [4.69, 9.17) is 0 Å². The molecule has 0 fully saturated rings. The third-order valence-corrected chi connectivity index (χ3v) is 4.20. The Morgan fingerprint density at radius 3 is 2.85 bits per heavy atom. The summed E-state index contributed by atoms with van der Waals surface area (Å²) in [5.41, 5.74) is 4.31. The van der Waals surface area contributed by atoms with Gasteiger partial charge in [-0.15, -0.1) is 0 Å². The maximum absolute atomic E-state index is 14.1. The number of nitrogens with one attached hydrogen (secondary N) is 1. The first kappa shape index (κ1) is 15.9. The number of allylic oxidation sites excluding steroid dienone is 1. The van der Waals surface area contributed by atoms with Crippen molar-refractivity contribution < 1.29 is 4.39 Å². The normalized spacial score (nSPS) is 11.7. The third-order valence-electron chi connectivity index (χ3n) is 4.20. The van der Waals surface area contributed by atoms with E-state index in [2.05, 4.69) is 16.0 Å². The number of aromatic amines is 1. The number of hydrogen-bond donors (Lipinski definition) is 1. The van der Waals surface area contributed by atoms with Gasteiger partial charge in [-0.3, -0.25) is 0 Å². The van der Waals surface area contributed by atoms with Crippen LogP contribution in [0, 0.1) is 24.1 Å². The molecule has 2 heterocycles. The number of aromatic nitrogens is 3. The van der Waals surface area contributed by atoms with E-state index in [-0.39, 0.29) is 5.82 Å². The standard InChI is InChI=1S/C21H15FN4/c1-14-8-9-18-19(11-14)25-21(24-18)15(13-23)12-16-5-4-10-26(16)20-7-3-2-6-17(20)22/h2-12H,1H3,(H,24,25)/b15-12-. The summed E-state index contributed by atoms with van der Waals surface area (Å²) < 4.78 is 15.8. The minimum atomic E-state index is -0.323. The Hall–Kier alpha value is -3.65. The van der Waals surface area contributed by atoms with Crippen LogP contribution < -0.4 is 0 Å². The molecule has 0 spiro atoms. The molecule has 0 radical (unpaired) electrons. The van der Waals surface area contributed by atoms with Gasteiger partial charge in [-0.2, -0.15) is 5.26 Å². The zero-order valence-electron chi connectivity index (χ0n) is 14.1. The molecule has 0 unspecified atom stereocenters. The molecule has 0 amide bonds. The number of H-pyrrole nitrogens is 1. The Kier molecular flexibility index (Phi) is 3.86. The summed E-state index contributed by atoms with van der Waals surface area (Å²) in [5, 5.41) is 9.61. The number of para-hydroxylation sites is 1. The summed E-state index contributed by atoms with van der Waals surface area (Å²) in [4.78, 5) is 7.68. The van der Waals surface area contributed by atoms with Gasteiger partial charge in [-0.05, 0) is 55.0 Å². The number of hydrogen-bond acceptors (Lipinski definition) is 2. The van der Waals surface area contributed by atoms with E-state index in [1.807, 2.05) is 37.3 Å². The number of aryl methyl sites for hydroxylation is 1. The summed E-state index contributed by atoms with van der Waals surface area (Å²) in [6.45, 7) is 2.00. The van der Waals surface area contributed by atoms with Gasteiger partial charge in [0.1, 0.15) is 17.7 Å². The first-order valence-corrected chi connectivity index (χ1v) is 8.16. The van der Waals surface area contributed by atoms with E-state index in [1.54, 1.807) is 35.0 Å². The Labute approximate surface area is 149 Å². The summed E-state index contributed by atoms with van der Waals surface area (Å²) in [6, 6.07) is 18.2. The second kappa shape index (κ2) is 6.34. The number of rotatable bonds is 3. The maximum atomic E-state index is 14.1. The van der Waals surface area contributed by atoms with Crippen molar-refractivity contribution in [2.75, 3.05) is 0 Å². The molecular formula is C21H15FN4. The van der Waals surface area contributed by atoms with Crippen molar-refractivity contribution in [3.05, 3.63) is 83.7 Å². The minimum absolute atomic E-state index is 0.323. The van der Waals surface area contributed by atoms with Crippen LogP contribution in [0.15, 0.2) is 60.8 Å². The molecule has 0 saturated carbocycles. The molecule has 2 aromatic heterocycles. The molecule has 5 heteroatoms. The number of halogens is 1. The molecule has 0 saturated heterocycles. The van der Waals surface area contributed by atoms with Crippen molar-refractivity contribution in [1.29, 1.82) is 5.26 Å². The fourth-order valence-corrected chi connectivity index (χ4v) is 2.93. The second-order valence-electron chi connectivity index (χ2n) is 6.03. The minimum Gasteiger partial charge on any atom is -0.337 e. The molecule has 26 heavy (non-hydrogen) atoms. The Morgan fingerprint density at radius 1 is 1.19 bits per heavy atom. The van der Waals surface area contributed by atoms with E-state index in [0.717, 1.165) is 16.6 Å². The molecule has 4 nitrogen and oxygen atoms in total. The van der Waals surface area contributed by atoms with Crippen molar-refractivity contribution in [3.8, 4) is 11.8 Å². The Morgan fingerprint density at radius 2 is 2.04 bits per heavy atom. The van der Waals surface area contributed by atoms with Crippen LogP contribution in [0.3, 0.4) is 0 Å². The van der Waals surface area contributed by atoms with Crippen LogP contribution in [0.1, 0.15) is 17.1 Å². The molecule has 4 rings (SSSR count). The van der Waals surface area contributed by atoms with E-state index in [0.29, 0.717) is 22.8 Å². The van der Waals surface area contributed by atoms with Crippen LogP contribution >= 0.6 is 0 Å². The molecule has 0 atom stereocenters. The summed E-state index contributed by atoms with van der Waals surface area (Å²) >= 11 is 0. The van der Waals surface area contributed by atoms with Crippen LogP contribution in [0.25, 0.3) is 28.4 Å². The highest BCUT2D eigenvalue weighted by molar-refractivity contribution is 5.90. The Balaban J connectivity index is 1.81. The number of nitriles is 1. The van der Waals surface area contributed by atoms with Crippen LogP contribution in [0.2, 0.25) is 0 Å². The van der Waals surface area contributed by atoms with Gasteiger partial charge in [0.15, 0.2) is 0 Å². The molecule has 0 aliphatic rings. The van der Waals surface area contributed by atoms with Gasteiger partial charge >= 0.3 is 0 Å². The van der Waals surface area contributed by atoms with Gasteiger partial charge < -0.3 is 9.55 Å². The highest BCUT2D eigenvalue weighted by Crippen LogP contribution is 2.22. The SMILES string of the molecule is Cc1ccc2nc(/C(C#N)=C\c3cccn3-c3ccccc3F)[nH]c2c1. The molecule has 0 aliphatic carbocycles. The van der Waals surface area contributed by atoms with Crippen molar-refractivity contribution in [2.45, 2.75) is 6.92 Å². The lowest BCUT2D eigenvalue weighted by Crippen LogP contribution is -1.98. The predicted octanol–water partition coefficient (Wildman–Crippen LogP) is 4.87. The van der Waals surface area contributed by atoms with E-state index in [1.165, 1.54) is 6.07 Å². The lowest BCUT2D eigenvalue weighted by molar-refractivity contribution is 0.618. The average molecular weight is 342 g/mol. The lowest BCUT2D eigenvalue weighted by Gasteiger charge is -2.07. The molecule has 1 N–H and O–H groups in total. The van der Waals surface area contributed by atoms with Crippen molar-refractivity contribution in [1.82, 2.24) is 14.5 Å². The Bertz CT molecular complexity index is 1170. The van der Waals surface area contributed by atoms with Gasteiger partial charge in [-0.1, -0.05) is 18.2 Å². The van der Waals surface area contributed by atoms with Crippen LogP contribution in [0.5, 0.6) is 0 Å². The predicted molar refractivity (Wildman–Crippen MR) is 100 cm³/mol. The number of imidazole rings is 1.